The van der Waals surface area contributed by atoms with Crippen molar-refractivity contribution >= 4 is 35.0 Å². The molecule has 5 heterocycles. The number of anilines is 5. The Balaban J connectivity index is 1.39. The zero-order valence-electron chi connectivity index (χ0n) is 21.9. The van der Waals surface area contributed by atoms with Gasteiger partial charge in [0.25, 0.3) is 5.91 Å². The third-order valence-electron chi connectivity index (χ3n) is 7.29. The lowest BCUT2D eigenvalue weighted by atomic mass is 10.00. The molecule has 0 bridgehead atoms. The standard InChI is InChI=1S/C28H29N9O2/c1-17-18(2)23(4-3-21(17)26(38)33-20-5-8-30-9-6-20)37-10-7-22-24(19-15-31-27(29)32-16-19)34-28(35-25(22)37)36-11-13-39-14-12-36/h3-6,8-9,15-16H,7,10-14H2,1-2H3,(H2,29,31,32)(H,30,33,38). The average Bonchev–Trinajstić information content (AvgIpc) is 3.39. The van der Waals surface area contributed by atoms with E-state index >= 15 is 0 Å². The van der Waals surface area contributed by atoms with Gasteiger partial charge in [0.2, 0.25) is 11.9 Å². The van der Waals surface area contributed by atoms with Crippen LogP contribution in [-0.2, 0) is 11.2 Å². The Morgan fingerprint density at radius 2 is 1.72 bits per heavy atom. The van der Waals surface area contributed by atoms with Gasteiger partial charge in [-0.3, -0.25) is 9.78 Å². The summed E-state index contributed by atoms with van der Waals surface area (Å²) in [5.74, 6) is 1.57. The Morgan fingerprint density at radius 3 is 2.46 bits per heavy atom. The fraction of sp³-hybridized carbons (Fsp3) is 0.286. The van der Waals surface area contributed by atoms with E-state index in [4.69, 9.17) is 20.4 Å². The first kappa shape index (κ1) is 24.7. The van der Waals surface area contributed by atoms with Gasteiger partial charge in [-0.15, -0.1) is 0 Å². The number of aromatic nitrogens is 5. The van der Waals surface area contributed by atoms with E-state index in [1.165, 1.54) is 0 Å². The lowest BCUT2D eigenvalue weighted by molar-refractivity contribution is 0.102. The van der Waals surface area contributed by atoms with Crippen molar-refractivity contribution in [1.29, 1.82) is 0 Å². The molecule has 3 N–H and O–H groups in total. The Morgan fingerprint density at radius 1 is 0.974 bits per heavy atom. The lowest BCUT2D eigenvalue weighted by Gasteiger charge is -2.29. The third kappa shape index (κ3) is 4.72. The summed E-state index contributed by atoms with van der Waals surface area (Å²) in [6, 6.07) is 7.42. The molecule has 6 rings (SSSR count). The predicted molar refractivity (Wildman–Crippen MR) is 149 cm³/mol. The van der Waals surface area contributed by atoms with E-state index in [0.717, 1.165) is 65.5 Å². The van der Waals surface area contributed by atoms with Gasteiger partial charge in [-0.1, -0.05) is 0 Å². The number of carbonyl (C=O) groups excluding carboxylic acids is 1. The number of nitrogens with one attached hydrogen (secondary N) is 1. The van der Waals surface area contributed by atoms with Gasteiger partial charge in [-0.05, 0) is 55.7 Å². The first-order valence-electron chi connectivity index (χ1n) is 12.9. The number of carbonyl (C=O) groups is 1. The minimum atomic E-state index is -0.155. The largest absolute Gasteiger partial charge is 0.378 e. The zero-order valence-corrected chi connectivity index (χ0v) is 21.9. The van der Waals surface area contributed by atoms with Gasteiger partial charge in [0, 0.05) is 72.5 Å². The Hall–Kier alpha value is -4.64. The van der Waals surface area contributed by atoms with Crippen LogP contribution in [0.25, 0.3) is 11.3 Å². The van der Waals surface area contributed by atoms with Crippen molar-refractivity contribution < 1.29 is 9.53 Å². The van der Waals surface area contributed by atoms with E-state index < -0.39 is 0 Å². The van der Waals surface area contributed by atoms with Crippen LogP contribution in [-0.4, -0.2) is 63.7 Å². The van der Waals surface area contributed by atoms with Crippen LogP contribution < -0.4 is 20.9 Å². The number of hydrogen-bond donors (Lipinski definition) is 2. The molecule has 1 saturated heterocycles. The third-order valence-corrected chi connectivity index (χ3v) is 7.29. The van der Waals surface area contributed by atoms with Crippen molar-refractivity contribution in [2.24, 2.45) is 0 Å². The maximum absolute atomic E-state index is 13.1. The number of amides is 1. The quantitative estimate of drug-likeness (QED) is 0.401. The van der Waals surface area contributed by atoms with E-state index in [9.17, 15) is 4.79 Å². The van der Waals surface area contributed by atoms with Crippen LogP contribution in [0.5, 0.6) is 0 Å². The highest BCUT2D eigenvalue weighted by Crippen LogP contribution is 2.41. The molecule has 198 valence electrons. The Labute approximate surface area is 226 Å². The van der Waals surface area contributed by atoms with Crippen LogP contribution in [0, 0.1) is 13.8 Å². The second-order valence-electron chi connectivity index (χ2n) is 9.58. The molecule has 0 radical (unpaired) electrons. The first-order chi connectivity index (χ1) is 19.0. The van der Waals surface area contributed by atoms with Gasteiger partial charge in [0.1, 0.15) is 5.82 Å². The number of rotatable bonds is 5. The van der Waals surface area contributed by atoms with Crippen molar-refractivity contribution in [3.63, 3.8) is 0 Å². The molecule has 11 nitrogen and oxygen atoms in total. The highest BCUT2D eigenvalue weighted by molar-refractivity contribution is 6.06. The second kappa shape index (κ2) is 10.3. The molecule has 0 aliphatic carbocycles. The fourth-order valence-electron chi connectivity index (χ4n) is 5.06. The molecular weight excluding hydrogens is 494 g/mol. The molecule has 2 aliphatic heterocycles. The number of morpholine rings is 1. The van der Waals surface area contributed by atoms with Crippen molar-refractivity contribution in [2.45, 2.75) is 20.3 Å². The minimum absolute atomic E-state index is 0.155. The monoisotopic (exact) mass is 523 g/mol. The van der Waals surface area contributed by atoms with Gasteiger partial charge in [0.05, 0.1) is 18.9 Å². The summed E-state index contributed by atoms with van der Waals surface area (Å²) in [7, 11) is 0. The molecule has 3 aromatic heterocycles. The van der Waals surface area contributed by atoms with Crippen LogP contribution in [0.15, 0.2) is 49.1 Å². The summed E-state index contributed by atoms with van der Waals surface area (Å²) in [5, 5.41) is 2.95. The highest BCUT2D eigenvalue weighted by Gasteiger charge is 2.30. The Bertz CT molecular complexity index is 1520. The molecule has 39 heavy (non-hydrogen) atoms. The smallest absolute Gasteiger partial charge is 0.255 e. The number of benzene rings is 1. The van der Waals surface area contributed by atoms with Crippen LogP contribution in [0.3, 0.4) is 0 Å². The van der Waals surface area contributed by atoms with Crippen molar-refractivity contribution in [1.82, 2.24) is 24.9 Å². The summed E-state index contributed by atoms with van der Waals surface area (Å²) in [6.45, 7) is 7.46. The molecule has 1 aromatic carbocycles. The van der Waals surface area contributed by atoms with E-state index in [2.05, 4.69) is 30.1 Å². The van der Waals surface area contributed by atoms with Crippen LogP contribution >= 0.6 is 0 Å². The molecule has 11 heteroatoms. The minimum Gasteiger partial charge on any atom is -0.378 e. The predicted octanol–water partition coefficient (Wildman–Crippen LogP) is 3.31. The molecule has 1 fully saturated rings. The van der Waals surface area contributed by atoms with Crippen molar-refractivity contribution in [2.75, 3.05) is 53.7 Å². The molecular formula is C28H29N9O2. The second-order valence-corrected chi connectivity index (χ2v) is 9.58. The van der Waals surface area contributed by atoms with E-state index in [1.807, 2.05) is 26.0 Å². The molecule has 0 unspecified atom stereocenters. The van der Waals surface area contributed by atoms with Gasteiger partial charge in [0.15, 0.2) is 0 Å². The summed E-state index contributed by atoms with van der Waals surface area (Å²) in [4.78, 5) is 39.9. The van der Waals surface area contributed by atoms with Crippen LogP contribution in [0.1, 0.15) is 27.0 Å². The van der Waals surface area contributed by atoms with E-state index in [0.29, 0.717) is 30.4 Å². The average molecular weight is 524 g/mol. The zero-order chi connectivity index (χ0) is 26.9. The lowest BCUT2D eigenvalue weighted by Crippen LogP contribution is -2.37. The van der Waals surface area contributed by atoms with Gasteiger partial charge in [-0.2, -0.15) is 4.98 Å². The Kier molecular flexibility index (Phi) is 6.49. The number of nitrogens with two attached hydrogens (primary N) is 1. The van der Waals surface area contributed by atoms with Crippen molar-refractivity contribution in [3.8, 4) is 11.3 Å². The SMILES string of the molecule is Cc1c(C(=O)Nc2ccncc2)ccc(N2CCc3c(-c4cnc(N)nc4)nc(N4CCOCC4)nc32)c1C. The molecule has 0 atom stereocenters. The fourth-order valence-corrected chi connectivity index (χ4v) is 5.06. The number of hydrogen-bond acceptors (Lipinski definition) is 10. The summed E-state index contributed by atoms with van der Waals surface area (Å²) in [5.41, 5.74) is 12.7. The topological polar surface area (TPSA) is 135 Å². The van der Waals surface area contributed by atoms with Crippen LogP contribution in [0.4, 0.5) is 29.1 Å². The molecule has 2 aliphatic rings. The number of pyridine rings is 1. The highest BCUT2D eigenvalue weighted by atomic mass is 16.5. The van der Waals surface area contributed by atoms with Gasteiger partial charge >= 0.3 is 0 Å². The maximum atomic E-state index is 13.1. The summed E-state index contributed by atoms with van der Waals surface area (Å²) < 4.78 is 5.55. The number of ether oxygens (including phenoxy) is 1. The number of nitrogens with zero attached hydrogens (tertiary/aromatic N) is 7. The van der Waals surface area contributed by atoms with Gasteiger partial charge < -0.3 is 25.6 Å². The summed E-state index contributed by atoms with van der Waals surface area (Å²) >= 11 is 0. The maximum Gasteiger partial charge on any atom is 0.255 e. The van der Waals surface area contributed by atoms with Gasteiger partial charge in [-0.25, -0.2) is 15.0 Å². The number of fused-ring (bicyclic) bond motifs is 1. The van der Waals surface area contributed by atoms with Crippen molar-refractivity contribution in [3.05, 3.63) is 71.3 Å². The number of nitrogen functional groups attached to an aromatic ring is 1. The van der Waals surface area contributed by atoms with Crippen LogP contribution in [0.2, 0.25) is 0 Å². The summed E-state index contributed by atoms with van der Waals surface area (Å²) in [6.07, 6.45) is 7.49. The van der Waals surface area contributed by atoms with E-state index in [1.54, 1.807) is 36.9 Å². The van der Waals surface area contributed by atoms with E-state index in [-0.39, 0.29) is 11.9 Å². The molecule has 1 amide bonds. The normalized spacial score (nSPS) is 14.8. The molecule has 4 aromatic rings. The molecule has 0 spiro atoms. The molecule has 0 saturated carbocycles. The first-order valence-corrected chi connectivity index (χ1v) is 12.9.